The first-order valence-electron chi connectivity index (χ1n) is 8.50. The summed E-state index contributed by atoms with van der Waals surface area (Å²) in [5.41, 5.74) is 0.444. The van der Waals surface area contributed by atoms with Gasteiger partial charge in [-0.2, -0.15) is 0 Å². The molecule has 0 N–H and O–H groups in total. The number of carbonyl (C=O) groups excluding carboxylic acids is 4. The maximum atomic E-state index is 13.0. The highest BCUT2D eigenvalue weighted by Crippen LogP contribution is 2.14. The first-order chi connectivity index (χ1) is 13.3. The van der Waals surface area contributed by atoms with E-state index in [1.807, 2.05) is 0 Å². The van der Waals surface area contributed by atoms with Crippen LogP contribution in [0.3, 0.4) is 0 Å². The summed E-state index contributed by atoms with van der Waals surface area (Å²) in [6.45, 7) is 6.56. The standard InChI is InChI=1S/C20H24N2O6/c1-5-17(23)27-13-11-22(12-14-28-18(24)6-2)20(26)16-10-8-7-9-15(16)19(25)21(3)4/h5-10H,1-2,11-14H2,3-4H3. The Morgan fingerprint density at radius 3 is 1.68 bits per heavy atom. The van der Waals surface area contributed by atoms with Gasteiger partial charge in [0.2, 0.25) is 0 Å². The number of benzene rings is 1. The van der Waals surface area contributed by atoms with Gasteiger partial charge in [-0.1, -0.05) is 25.3 Å². The topological polar surface area (TPSA) is 93.2 Å². The van der Waals surface area contributed by atoms with Crippen LogP contribution >= 0.6 is 0 Å². The van der Waals surface area contributed by atoms with Gasteiger partial charge in [-0.05, 0) is 12.1 Å². The van der Waals surface area contributed by atoms with E-state index >= 15 is 0 Å². The summed E-state index contributed by atoms with van der Waals surface area (Å²) in [7, 11) is 3.18. The SMILES string of the molecule is C=CC(=O)OCCN(CCOC(=O)C=C)C(=O)c1ccccc1C(=O)N(C)C. The number of nitrogens with zero attached hydrogens (tertiary/aromatic N) is 2. The predicted octanol–water partition coefficient (Wildman–Crippen LogP) is 1.29. The largest absolute Gasteiger partial charge is 0.461 e. The van der Waals surface area contributed by atoms with Crippen LogP contribution in [0.15, 0.2) is 49.6 Å². The van der Waals surface area contributed by atoms with Gasteiger partial charge in [-0.25, -0.2) is 9.59 Å². The lowest BCUT2D eigenvalue weighted by atomic mass is 10.1. The second-order valence-electron chi connectivity index (χ2n) is 5.78. The van der Waals surface area contributed by atoms with Gasteiger partial charge in [0.25, 0.3) is 11.8 Å². The second kappa shape index (κ2) is 11.3. The fourth-order valence-corrected chi connectivity index (χ4v) is 2.21. The van der Waals surface area contributed by atoms with E-state index < -0.39 is 17.8 Å². The zero-order valence-corrected chi connectivity index (χ0v) is 16.1. The van der Waals surface area contributed by atoms with Crippen LogP contribution in [0, 0.1) is 0 Å². The quantitative estimate of drug-likeness (QED) is 0.443. The maximum Gasteiger partial charge on any atom is 0.330 e. The normalized spacial score (nSPS) is 9.79. The van der Waals surface area contributed by atoms with E-state index in [4.69, 9.17) is 9.47 Å². The third kappa shape index (κ3) is 6.71. The number of esters is 2. The molecule has 1 aromatic carbocycles. The van der Waals surface area contributed by atoms with Crippen molar-refractivity contribution in [1.82, 2.24) is 9.80 Å². The Balaban J connectivity index is 3.00. The summed E-state index contributed by atoms with van der Waals surface area (Å²) in [5, 5.41) is 0. The van der Waals surface area contributed by atoms with Gasteiger partial charge in [0.1, 0.15) is 13.2 Å². The molecular weight excluding hydrogens is 364 g/mol. The molecule has 0 aromatic heterocycles. The third-order valence-electron chi connectivity index (χ3n) is 3.63. The molecule has 0 fully saturated rings. The third-order valence-corrected chi connectivity index (χ3v) is 3.63. The van der Waals surface area contributed by atoms with E-state index in [9.17, 15) is 19.2 Å². The lowest BCUT2D eigenvalue weighted by molar-refractivity contribution is -0.138. The molecule has 1 rings (SSSR count). The van der Waals surface area contributed by atoms with Gasteiger partial charge in [-0.15, -0.1) is 0 Å². The molecule has 2 amide bonds. The van der Waals surface area contributed by atoms with Crippen molar-refractivity contribution < 1.29 is 28.7 Å². The zero-order valence-electron chi connectivity index (χ0n) is 16.1. The summed E-state index contributed by atoms with van der Waals surface area (Å²) in [6.07, 6.45) is 2.03. The molecule has 8 nitrogen and oxygen atoms in total. The van der Waals surface area contributed by atoms with Gasteiger partial charge in [-0.3, -0.25) is 9.59 Å². The Kier molecular flexibility index (Phi) is 9.15. The van der Waals surface area contributed by atoms with E-state index in [1.165, 1.54) is 15.9 Å². The molecule has 0 bridgehead atoms. The fraction of sp³-hybridized carbons (Fsp3) is 0.300. The van der Waals surface area contributed by atoms with Crippen LogP contribution < -0.4 is 0 Å². The minimum absolute atomic E-state index is 0.0501. The van der Waals surface area contributed by atoms with Crippen LogP contribution in [0.4, 0.5) is 0 Å². The summed E-state index contributed by atoms with van der Waals surface area (Å²) in [6, 6.07) is 6.41. The lowest BCUT2D eigenvalue weighted by Gasteiger charge is -2.24. The van der Waals surface area contributed by atoms with Crippen LogP contribution in [0.2, 0.25) is 0 Å². The Hall–Kier alpha value is -3.42. The van der Waals surface area contributed by atoms with E-state index in [2.05, 4.69) is 13.2 Å². The van der Waals surface area contributed by atoms with E-state index in [1.54, 1.807) is 32.3 Å². The molecule has 0 aliphatic carbocycles. The van der Waals surface area contributed by atoms with Crippen LogP contribution in [-0.2, 0) is 19.1 Å². The van der Waals surface area contributed by atoms with Gasteiger partial charge in [0.15, 0.2) is 0 Å². The summed E-state index contributed by atoms with van der Waals surface area (Å²) >= 11 is 0. The first-order valence-corrected chi connectivity index (χ1v) is 8.50. The number of ether oxygens (including phenoxy) is 2. The highest BCUT2D eigenvalue weighted by atomic mass is 16.5. The van der Waals surface area contributed by atoms with Gasteiger partial charge < -0.3 is 19.3 Å². The van der Waals surface area contributed by atoms with Crippen LogP contribution in [0.1, 0.15) is 20.7 Å². The van der Waals surface area contributed by atoms with Crippen molar-refractivity contribution in [2.24, 2.45) is 0 Å². The molecule has 0 heterocycles. The van der Waals surface area contributed by atoms with Gasteiger partial charge in [0.05, 0.1) is 24.2 Å². The lowest BCUT2D eigenvalue weighted by Crippen LogP contribution is -2.38. The van der Waals surface area contributed by atoms with Crippen molar-refractivity contribution in [3.63, 3.8) is 0 Å². The van der Waals surface area contributed by atoms with Crippen molar-refractivity contribution >= 4 is 23.8 Å². The number of carbonyl (C=O) groups is 4. The fourth-order valence-electron chi connectivity index (χ4n) is 2.21. The molecular formula is C20H24N2O6. The number of rotatable bonds is 10. The Morgan fingerprint density at radius 1 is 0.857 bits per heavy atom. The van der Waals surface area contributed by atoms with E-state index in [0.29, 0.717) is 0 Å². The Bertz CT molecular complexity index is 731. The number of hydrogen-bond acceptors (Lipinski definition) is 6. The minimum Gasteiger partial charge on any atom is -0.461 e. The average Bonchev–Trinajstić information content (AvgIpc) is 2.70. The van der Waals surface area contributed by atoms with Crippen LogP contribution in [0.25, 0.3) is 0 Å². The van der Waals surface area contributed by atoms with Crippen molar-refractivity contribution in [3.8, 4) is 0 Å². The number of hydrogen-bond donors (Lipinski definition) is 0. The molecule has 1 aromatic rings. The molecule has 0 atom stereocenters. The van der Waals surface area contributed by atoms with Crippen molar-refractivity contribution in [1.29, 1.82) is 0 Å². The van der Waals surface area contributed by atoms with E-state index in [-0.39, 0.29) is 43.3 Å². The van der Waals surface area contributed by atoms with Crippen LogP contribution in [-0.4, -0.2) is 74.0 Å². The number of amides is 2. The zero-order chi connectivity index (χ0) is 21.1. The Morgan fingerprint density at radius 2 is 1.29 bits per heavy atom. The minimum atomic E-state index is -0.617. The molecule has 0 aliphatic heterocycles. The molecule has 0 saturated heterocycles. The average molecular weight is 388 g/mol. The summed E-state index contributed by atoms with van der Waals surface area (Å²) in [5.74, 6) is -2.00. The van der Waals surface area contributed by atoms with Crippen LogP contribution in [0.5, 0.6) is 0 Å². The second-order valence-corrected chi connectivity index (χ2v) is 5.78. The predicted molar refractivity (Wildman–Crippen MR) is 103 cm³/mol. The monoisotopic (exact) mass is 388 g/mol. The Labute approximate surface area is 164 Å². The summed E-state index contributed by atoms with van der Waals surface area (Å²) < 4.78 is 9.84. The van der Waals surface area contributed by atoms with Gasteiger partial charge >= 0.3 is 11.9 Å². The van der Waals surface area contributed by atoms with E-state index in [0.717, 1.165) is 12.2 Å². The molecule has 0 unspecified atom stereocenters. The first kappa shape index (κ1) is 22.6. The molecule has 0 aliphatic rings. The highest BCUT2D eigenvalue weighted by Gasteiger charge is 2.23. The smallest absolute Gasteiger partial charge is 0.330 e. The molecule has 150 valence electrons. The molecule has 8 heteroatoms. The van der Waals surface area contributed by atoms with Crippen molar-refractivity contribution in [2.75, 3.05) is 40.4 Å². The molecule has 0 spiro atoms. The summed E-state index contributed by atoms with van der Waals surface area (Å²) in [4.78, 5) is 50.5. The van der Waals surface area contributed by atoms with Crippen molar-refractivity contribution in [3.05, 3.63) is 60.7 Å². The molecule has 0 radical (unpaired) electrons. The maximum absolute atomic E-state index is 13.0. The molecule has 0 saturated carbocycles. The van der Waals surface area contributed by atoms with Crippen molar-refractivity contribution in [2.45, 2.75) is 0 Å². The molecule has 28 heavy (non-hydrogen) atoms. The highest BCUT2D eigenvalue weighted by molar-refractivity contribution is 6.07. The van der Waals surface area contributed by atoms with Gasteiger partial charge in [0, 0.05) is 26.2 Å².